The summed E-state index contributed by atoms with van der Waals surface area (Å²) in [4.78, 5) is 23.8. The van der Waals surface area contributed by atoms with Gasteiger partial charge in [-0.25, -0.2) is 14.8 Å². The number of nitrogens with zero attached hydrogens (tertiary/aromatic N) is 3. The molecule has 5 nitrogen and oxygen atoms in total. The van der Waals surface area contributed by atoms with E-state index in [4.69, 9.17) is 0 Å². The molecule has 0 aliphatic heterocycles. The van der Waals surface area contributed by atoms with E-state index >= 15 is 0 Å². The van der Waals surface area contributed by atoms with Crippen LogP contribution in [-0.4, -0.2) is 19.5 Å². The summed E-state index contributed by atoms with van der Waals surface area (Å²) in [7, 11) is 0. The zero-order valence-electron chi connectivity index (χ0n) is 11.9. The number of aromatic amines is 1. The smallest absolute Gasteiger partial charge is 0.289 e. The molecule has 3 rings (SSSR count). The topological polar surface area (TPSA) is 63.6 Å². The van der Waals surface area contributed by atoms with Crippen molar-refractivity contribution in [2.24, 2.45) is 0 Å². The number of rotatable bonds is 3. The lowest BCUT2D eigenvalue weighted by molar-refractivity contribution is 0.630. The number of allylic oxidation sites excluding steroid dienone is 1. The normalized spacial score (nSPS) is 13.0. The van der Waals surface area contributed by atoms with Crippen LogP contribution in [0.3, 0.4) is 0 Å². The van der Waals surface area contributed by atoms with Crippen molar-refractivity contribution < 1.29 is 0 Å². The Kier molecular flexibility index (Phi) is 3.39. The van der Waals surface area contributed by atoms with Gasteiger partial charge in [0.1, 0.15) is 0 Å². The van der Waals surface area contributed by atoms with Crippen molar-refractivity contribution in [3.05, 3.63) is 64.3 Å². The van der Waals surface area contributed by atoms with Crippen LogP contribution in [0.5, 0.6) is 0 Å². The lowest BCUT2D eigenvalue weighted by atomic mass is 10.1. The molecule has 1 aromatic carbocycles. The van der Waals surface area contributed by atoms with Gasteiger partial charge in [0.05, 0.1) is 17.9 Å². The van der Waals surface area contributed by atoms with Crippen molar-refractivity contribution in [1.29, 1.82) is 0 Å². The molecule has 0 fully saturated rings. The highest BCUT2D eigenvalue weighted by Gasteiger charge is 2.16. The van der Waals surface area contributed by atoms with Crippen LogP contribution < -0.4 is 5.69 Å². The van der Waals surface area contributed by atoms with Gasteiger partial charge in [0.15, 0.2) is 11.3 Å². The third kappa shape index (κ3) is 2.38. The second-order valence-corrected chi connectivity index (χ2v) is 4.85. The standard InChI is InChI=1S/C16H16N4O/c1-3-7-13-10-17-14-15(18-13)20(16(21)19-14)11(2)12-8-5-4-6-9-12/h3-11H,1-2H3,(H,17,19,21)/b7-3-/t11-/m1/s1. The van der Waals surface area contributed by atoms with E-state index in [-0.39, 0.29) is 11.7 Å². The fourth-order valence-corrected chi connectivity index (χ4v) is 2.40. The number of hydrogen-bond donors (Lipinski definition) is 1. The monoisotopic (exact) mass is 280 g/mol. The molecule has 0 aliphatic carbocycles. The predicted molar refractivity (Wildman–Crippen MR) is 83.1 cm³/mol. The van der Waals surface area contributed by atoms with Crippen LogP contribution in [0.25, 0.3) is 17.4 Å². The molecule has 0 amide bonds. The number of fused-ring (bicyclic) bond motifs is 1. The van der Waals surface area contributed by atoms with Crippen molar-refractivity contribution >= 4 is 17.4 Å². The van der Waals surface area contributed by atoms with Crippen LogP contribution >= 0.6 is 0 Å². The van der Waals surface area contributed by atoms with E-state index in [1.807, 2.05) is 56.3 Å². The summed E-state index contributed by atoms with van der Waals surface area (Å²) in [6.07, 6.45) is 5.41. The van der Waals surface area contributed by atoms with E-state index in [2.05, 4.69) is 15.0 Å². The summed E-state index contributed by atoms with van der Waals surface area (Å²) in [6.45, 7) is 3.90. The molecule has 0 spiro atoms. The highest BCUT2D eigenvalue weighted by molar-refractivity contribution is 5.67. The molecule has 5 heteroatoms. The van der Waals surface area contributed by atoms with Crippen molar-refractivity contribution in [3.63, 3.8) is 0 Å². The molecular weight excluding hydrogens is 264 g/mol. The third-order valence-corrected chi connectivity index (χ3v) is 3.45. The SMILES string of the molecule is C/C=C\c1cnc2[nH]c(=O)n([C@H](C)c3ccccc3)c2n1. The minimum Gasteiger partial charge on any atom is -0.289 e. The van der Waals surface area contributed by atoms with Crippen LogP contribution in [0.1, 0.15) is 31.1 Å². The number of aromatic nitrogens is 4. The Morgan fingerprint density at radius 2 is 2.05 bits per heavy atom. The molecule has 1 atom stereocenters. The van der Waals surface area contributed by atoms with Crippen molar-refractivity contribution in [1.82, 2.24) is 19.5 Å². The maximum Gasteiger partial charge on any atom is 0.329 e. The average Bonchev–Trinajstić information content (AvgIpc) is 2.83. The number of hydrogen-bond acceptors (Lipinski definition) is 3. The zero-order chi connectivity index (χ0) is 14.8. The third-order valence-electron chi connectivity index (χ3n) is 3.45. The Labute approximate surface area is 122 Å². The number of benzene rings is 1. The highest BCUT2D eigenvalue weighted by Crippen LogP contribution is 2.19. The molecule has 1 N–H and O–H groups in total. The van der Waals surface area contributed by atoms with Crippen molar-refractivity contribution in [2.75, 3.05) is 0 Å². The minimum absolute atomic E-state index is 0.109. The summed E-state index contributed by atoms with van der Waals surface area (Å²) in [6, 6.07) is 9.77. The summed E-state index contributed by atoms with van der Waals surface area (Å²) in [5, 5.41) is 0. The molecule has 0 radical (unpaired) electrons. The van der Waals surface area contributed by atoms with Gasteiger partial charge in [0.25, 0.3) is 0 Å². The molecule has 0 bridgehead atoms. The Bertz CT molecular complexity index is 846. The molecule has 0 saturated carbocycles. The second-order valence-electron chi connectivity index (χ2n) is 4.85. The first kappa shape index (κ1) is 13.3. The Balaban J connectivity index is 2.19. The first-order valence-corrected chi connectivity index (χ1v) is 6.85. The van der Waals surface area contributed by atoms with E-state index in [1.165, 1.54) is 0 Å². The van der Waals surface area contributed by atoms with Crippen LogP contribution in [0.15, 0.2) is 47.4 Å². The molecule has 2 heterocycles. The Hall–Kier alpha value is -2.69. The van der Waals surface area contributed by atoms with E-state index in [1.54, 1.807) is 10.8 Å². The van der Waals surface area contributed by atoms with Gasteiger partial charge in [0.2, 0.25) is 0 Å². The first-order valence-electron chi connectivity index (χ1n) is 6.85. The van der Waals surface area contributed by atoms with Crippen molar-refractivity contribution in [2.45, 2.75) is 19.9 Å². The molecule has 2 aromatic heterocycles. The Morgan fingerprint density at radius 3 is 2.76 bits per heavy atom. The minimum atomic E-state index is -0.195. The van der Waals surface area contributed by atoms with E-state index < -0.39 is 0 Å². The molecule has 0 aliphatic rings. The van der Waals surface area contributed by atoms with Crippen LogP contribution in [0.4, 0.5) is 0 Å². The van der Waals surface area contributed by atoms with E-state index in [0.717, 1.165) is 11.3 Å². The van der Waals surface area contributed by atoms with Gasteiger partial charge in [-0.15, -0.1) is 0 Å². The summed E-state index contributed by atoms with van der Waals surface area (Å²) in [5.41, 5.74) is 2.68. The quantitative estimate of drug-likeness (QED) is 0.802. The van der Waals surface area contributed by atoms with Crippen LogP contribution in [0, 0.1) is 0 Å². The summed E-state index contributed by atoms with van der Waals surface area (Å²) >= 11 is 0. The molecule has 0 saturated heterocycles. The fraction of sp³-hybridized carbons (Fsp3) is 0.188. The van der Waals surface area contributed by atoms with E-state index in [9.17, 15) is 4.79 Å². The molecule has 106 valence electrons. The average molecular weight is 280 g/mol. The van der Waals surface area contributed by atoms with Gasteiger partial charge >= 0.3 is 5.69 Å². The molecule has 21 heavy (non-hydrogen) atoms. The van der Waals surface area contributed by atoms with Crippen LogP contribution in [-0.2, 0) is 0 Å². The lowest BCUT2D eigenvalue weighted by Gasteiger charge is -2.13. The number of nitrogens with one attached hydrogen (secondary N) is 1. The van der Waals surface area contributed by atoms with Gasteiger partial charge in [-0.05, 0) is 25.5 Å². The van der Waals surface area contributed by atoms with Crippen LogP contribution in [0.2, 0.25) is 0 Å². The second kappa shape index (κ2) is 5.36. The molecular formula is C16H16N4O. The predicted octanol–water partition coefficient (Wildman–Crippen LogP) is 2.76. The fourth-order valence-electron chi connectivity index (χ4n) is 2.40. The van der Waals surface area contributed by atoms with Gasteiger partial charge < -0.3 is 0 Å². The Morgan fingerprint density at radius 1 is 1.29 bits per heavy atom. The van der Waals surface area contributed by atoms with Gasteiger partial charge in [0, 0.05) is 0 Å². The zero-order valence-corrected chi connectivity index (χ0v) is 11.9. The highest BCUT2D eigenvalue weighted by atomic mass is 16.1. The summed E-state index contributed by atoms with van der Waals surface area (Å²) < 4.78 is 1.64. The van der Waals surface area contributed by atoms with Gasteiger partial charge in [-0.3, -0.25) is 9.55 Å². The lowest BCUT2D eigenvalue weighted by Crippen LogP contribution is -2.21. The van der Waals surface area contributed by atoms with E-state index in [0.29, 0.717) is 11.3 Å². The first-order chi connectivity index (χ1) is 10.2. The molecule has 3 aromatic rings. The number of H-pyrrole nitrogens is 1. The molecule has 0 unspecified atom stereocenters. The number of imidazole rings is 1. The van der Waals surface area contributed by atoms with Crippen molar-refractivity contribution in [3.8, 4) is 0 Å². The maximum absolute atomic E-state index is 12.2. The maximum atomic E-state index is 12.2. The van der Waals surface area contributed by atoms with Gasteiger partial charge in [-0.2, -0.15) is 0 Å². The van der Waals surface area contributed by atoms with Gasteiger partial charge in [-0.1, -0.05) is 36.4 Å². The largest absolute Gasteiger partial charge is 0.329 e. The summed E-state index contributed by atoms with van der Waals surface area (Å²) in [5.74, 6) is 0.